The van der Waals surface area contributed by atoms with E-state index >= 15 is 0 Å². The van der Waals surface area contributed by atoms with Gasteiger partial charge in [-0.3, -0.25) is 24.0 Å². The summed E-state index contributed by atoms with van der Waals surface area (Å²) in [4.78, 5) is 39.1. The van der Waals surface area contributed by atoms with E-state index in [1.807, 2.05) is 45.0 Å². The average Bonchev–Trinajstić information content (AvgIpc) is 2.94. The Bertz CT molecular complexity index is 1460. The molecule has 0 spiro atoms. The number of carbonyl (C=O) groups excluding carboxylic acids is 2. The lowest BCUT2D eigenvalue weighted by atomic mass is 10.1. The van der Waals surface area contributed by atoms with E-state index in [1.165, 1.54) is 35.2 Å². The van der Waals surface area contributed by atoms with Gasteiger partial charge in [0.25, 0.3) is 15.7 Å². The van der Waals surface area contributed by atoms with Crippen molar-refractivity contribution in [1.29, 1.82) is 0 Å². The topological polar surface area (TPSA) is 130 Å². The molecular formula is C29H34N4O6S. The van der Waals surface area contributed by atoms with Crippen LogP contribution in [-0.4, -0.2) is 48.7 Å². The van der Waals surface area contributed by atoms with Crippen molar-refractivity contribution in [2.24, 2.45) is 0 Å². The largest absolute Gasteiger partial charge is 0.352 e. The molecule has 0 aliphatic rings. The van der Waals surface area contributed by atoms with Crippen LogP contribution in [0.15, 0.2) is 83.8 Å². The predicted molar refractivity (Wildman–Crippen MR) is 153 cm³/mol. The van der Waals surface area contributed by atoms with E-state index < -0.39 is 33.4 Å². The fourth-order valence-corrected chi connectivity index (χ4v) is 5.49. The second-order valence-corrected chi connectivity index (χ2v) is 11.5. The SMILES string of the molecule is CCC(C)NC(=O)C(C)N(Cc1cccc(C)c1)C(=O)CN(c1cccc([N+](=O)[O-])c1)S(=O)(=O)c1ccccc1. The second-order valence-electron chi connectivity index (χ2n) is 9.61. The number of non-ortho nitro benzene ring substituents is 1. The molecule has 0 aliphatic carbocycles. The molecule has 0 saturated carbocycles. The highest BCUT2D eigenvalue weighted by Gasteiger charge is 2.33. The molecule has 1 N–H and O–H groups in total. The highest BCUT2D eigenvalue weighted by Crippen LogP contribution is 2.27. The molecule has 2 unspecified atom stereocenters. The van der Waals surface area contributed by atoms with Crippen molar-refractivity contribution in [1.82, 2.24) is 10.2 Å². The molecule has 3 aromatic carbocycles. The van der Waals surface area contributed by atoms with Crippen molar-refractivity contribution in [3.63, 3.8) is 0 Å². The minimum Gasteiger partial charge on any atom is -0.352 e. The lowest BCUT2D eigenvalue weighted by Crippen LogP contribution is -2.52. The van der Waals surface area contributed by atoms with Crippen LogP contribution in [0.5, 0.6) is 0 Å². The molecule has 3 aromatic rings. The zero-order valence-corrected chi connectivity index (χ0v) is 23.8. The van der Waals surface area contributed by atoms with Crippen LogP contribution in [0.1, 0.15) is 38.3 Å². The van der Waals surface area contributed by atoms with E-state index in [-0.39, 0.29) is 34.8 Å². The van der Waals surface area contributed by atoms with Gasteiger partial charge in [0.1, 0.15) is 12.6 Å². The predicted octanol–water partition coefficient (Wildman–Crippen LogP) is 4.43. The number of amides is 2. The molecule has 3 rings (SSSR count). The second kappa shape index (κ2) is 13.2. The van der Waals surface area contributed by atoms with Gasteiger partial charge in [-0.25, -0.2) is 8.42 Å². The molecule has 0 aliphatic heterocycles. The number of hydrogen-bond acceptors (Lipinski definition) is 6. The van der Waals surface area contributed by atoms with E-state index in [2.05, 4.69) is 5.32 Å². The number of hydrogen-bond donors (Lipinski definition) is 1. The molecule has 0 aromatic heterocycles. The maximum absolute atomic E-state index is 13.9. The Hall–Kier alpha value is -4.25. The number of aryl methyl sites for hydroxylation is 1. The summed E-state index contributed by atoms with van der Waals surface area (Å²) in [6.45, 7) is 6.67. The number of nitrogens with one attached hydrogen (secondary N) is 1. The van der Waals surface area contributed by atoms with Crippen LogP contribution < -0.4 is 9.62 Å². The van der Waals surface area contributed by atoms with Gasteiger partial charge in [-0.2, -0.15) is 0 Å². The van der Waals surface area contributed by atoms with E-state index in [4.69, 9.17) is 0 Å². The van der Waals surface area contributed by atoms with Crippen molar-refractivity contribution in [3.8, 4) is 0 Å². The minimum absolute atomic E-state index is 0.0429. The summed E-state index contributed by atoms with van der Waals surface area (Å²) in [6.07, 6.45) is 0.695. The standard InChI is InChI=1S/C29H34N4O6S/c1-5-22(3)30-29(35)23(4)31(19-24-12-9-11-21(2)17-24)28(34)20-32(25-13-10-14-26(18-25)33(36)37)40(38,39)27-15-7-6-8-16-27/h6-18,22-23H,5,19-20H2,1-4H3,(H,30,35). The number of nitro groups is 1. The van der Waals surface area contributed by atoms with Gasteiger partial charge in [-0.05, 0) is 51.0 Å². The summed E-state index contributed by atoms with van der Waals surface area (Å²) in [5.74, 6) is -1.01. The monoisotopic (exact) mass is 566 g/mol. The van der Waals surface area contributed by atoms with Gasteiger partial charge >= 0.3 is 0 Å². The molecule has 11 heteroatoms. The van der Waals surface area contributed by atoms with Crippen molar-refractivity contribution in [2.75, 3.05) is 10.8 Å². The molecular weight excluding hydrogens is 532 g/mol. The van der Waals surface area contributed by atoms with Gasteiger partial charge in [-0.15, -0.1) is 0 Å². The third-order valence-corrected chi connectivity index (χ3v) is 8.33. The molecule has 212 valence electrons. The Kier molecular flexibility index (Phi) is 10.0. The highest BCUT2D eigenvalue weighted by atomic mass is 32.2. The number of sulfonamides is 1. The lowest BCUT2D eigenvalue weighted by molar-refractivity contribution is -0.384. The lowest BCUT2D eigenvalue weighted by Gasteiger charge is -2.32. The maximum Gasteiger partial charge on any atom is 0.271 e. The molecule has 0 fully saturated rings. The van der Waals surface area contributed by atoms with Gasteiger partial charge in [0.15, 0.2) is 0 Å². The van der Waals surface area contributed by atoms with Crippen molar-refractivity contribution >= 4 is 33.2 Å². The van der Waals surface area contributed by atoms with Crippen molar-refractivity contribution < 1.29 is 22.9 Å². The van der Waals surface area contributed by atoms with Crippen molar-refractivity contribution in [2.45, 2.75) is 57.6 Å². The van der Waals surface area contributed by atoms with Crippen LogP contribution >= 0.6 is 0 Å². The Morgan fingerprint density at radius 2 is 1.65 bits per heavy atom. The zero-order chi connectivity index (χ0) is 29.4. The van der Waals surface area contributed by atoms with Gasteiger partial charge < -0.3 is 10.2 Å². The molecule has 2 atom stereocenters. The first kappa shape index (κ1) is 30.3. The molecule has 0 saturated heterocycles. The fraction of sp³-hybridized carbons (Fsp3) is 0.310. The number of carbonyl (C=O) groups is 2. The first-order chi connectivity index (χ1) is 18.9. The van der Waals surface area contributed by atoms with Crippen LogP contribution in [0.4, 0.5) is 11.4 Å². The van der Waals surface area contributed by atoms with Crippen LogP contribution in [0.3, 0.4) is 0 Å². The normalized spacial score (nSPS) is 12.7. The Morgan fingerprint density at radius 3 is 2.27 bits per heavy atom. The molecule has 2 amide bonds. The number of nitro benzene ring substituents is 1. The number of nitrogens with zero attached hydrogens (tertiary/aromatic N) is 3. The van der Waals surface area contributed by atoms with Crippen LogP contribution in [0, 0.1) is 17.0 Å². The first-order valence-corrected chi connectivity index (χ1v) is 14.4. The minimum atomic E-state index is -4.31. The van der Waals surface area contributed by atoms with E-state index in [0.29, 0.717) is 6.42 Å². The molecule has 0 bridgehead atoms. The summed E-state index contributed by atoms with van der Waals surface area (Å²) < 4.78 is 28.4. The third kappa shape index (κ3) is 7.44. The maximum atomic E-state index is 13.9. The number of rotatable bonds is 12. The van der Waals surface area contributed by atoms with Crippen molar-refractivity contribution in [3.05, 3.63) is 100 Å². The highest BCUT2D eigenvalue weighted by molar-refractivity contribution is 7.92. The van der Waals surface area contributed by atoms with Crippen LogP contribution in [0.25, 0.3) is 0 Å². The number of benzene rings is 3. The summed E-state index contributed by atoms with van der Waals surface area (Å²) in [7, 11) is -4.31. The van der Waals surface area contributed by atoms with E-state index in [1.54, 1.807) is 25.1 Å². The first-order valence-electron chi connectivity index (χ1n) is 12.9. The van der Waals surface area contributed by atoms with E-state index in [9.17, 15) is 28.1 Å². The van der Waals surface area contributed by atoms with Crippen LogP contribution in [0.2, 0.25) is 0 Å². The number of anilines is 1. The van der Waals surface area contributed by atoms with Gasteiger partial charge in [0.2, 0.25) is 11.8 Å². The van der Waals surface area contributed by atoms with E-state index in [0.717, 1.165) is 21.5 Å². The molecule has 40 heavy (non-hydrogen) atoms. The van der Waals surface area contributed by atoms with Crippen LogP contribution in [-0.2, 0) is 26.2 Å². The Morgan fingerprint density at radius 1 is 0.975 bits per heavy atom. The summed E-state index contributed by atoms with van der Waals surface area (Å²) in [5.41, 5.74) is 1.37. The molecule has 0 radical (unpaired) electrons. The Balaban J connectivity index is 2.06. The van der Waals surface area contributed by atoms with Gasteiger partial charge in [-0.1, -0.05) is 61.0 Å². The fourth-order valence-electron chi connectivity index (χ4n) is 4.07. The quantitative estimate of drug-likeness (QED) is 0.255. The van der Waals surface area contributed by atoms with Gasteiger partial charge in [0.05, 0.1) is 15.5 Å². The summed E-state index contributed by atoms with van der Waals surface area (Å²) in [5, 5.41) is 14.3. The summed E-state index contributed by atoms with van der Waals surface area (Å²) >= 11 is 0. The molecule has 10 nitrogen and oxygen atoms in total. The third-order valence-electron chi connectivity index (χ3n) is 6.54. The Labute approximate surface area is 234 Å². The average molecular weight is 567 g/mol. The van der Waals surface area contributed by atoms with Gasteiger partial charge in [0, 0.05) is 24.7 Å². The smallest absolute Gasteiger partial charge is 0.271 e. The summed E-state index contributed by atoms with van der Waals surface area (Å²) in [6, 6.07) is 19.0. The zero-order valence-electron chi connectivity index (χ0n) is 23.0. The molecule has 0 heterocycles.